The smallest absolute Gasteiger partial charge is 0.208 e. The molecule has 0 saturated heterocycles. The Kier molecular flexibility index (Phi) is 3.30. The Morgan fingerprint density at radius 3 is 2.79 bits per heavy atom. The van der Waals surface area contributed by atoms with Crippen LogP contribution in [0.2, 0.25) is 0 Å². The summed E-state index contributed by atoms with van der Waals surface area (Å²) in [6.07, 6.45) is 0. The number of guanidine groups is 1. The SMILES string of the molecule is COc1ccc(C)c(N=C(N)NN)c1. The molecule has 0 saturated carbocycles. The lowest BCUT2D eigenvalue weighted by atomic mass is 10.2. The fourth-order valence-corrected chi connectivity index (χ4v) is 0.999. The summed E-state index contributed by atoms with van der Waals surface area (Å²) in [7, 11) is 1.60. The van der Waals surface area contributed by atoms with Gasteiger partial charge in [-0.2, -0.15) is 0 Å². The first-order chi connectivity index (χ1) is 6.67. The van der Waals surface area contributed by atoms with Gasteiger partial charge in [0.1, 0.15) is 5.75 Å². The van der Waals surface area contributed by atoms with Gasteiger partial charge in [0.05, 0.1) is 12.8 Å². The van der Waals surface area contributed by atoms with Gasteiger partial charge in [0, 0.05) is 6.07 Å². The van der Waals surface area contributed by atoms with Crippen LogP contribution >= 0.6 is 0 Å². The first-order valence-corrected chi connectivity index (χ1v) is 4.12. The van der Waals surface area contributed by atoms with E-state index < -0.39 is 0 Å². The van der Waals surface area contributed by atoms with Crippen LogP contribution in [0.25, 0.3) is 0 Å². The van der Waals surface area contributed by atoms with Crippen molar-refractivity contribution in [2.45, 2.75) is 6.92 Å². The van der Waals surface area contributed by atoms with E-state index >= 15 is 0 Å². The average molecular weight is 194 g/mol. The van der Waals surface area contributed by atoms with Crippen LogP contribution in [-0.2, 0) is 0 Å². The Hall–Kier alpha value is -1.75. The van der Waals surface area contributed by atoms with Crippen molar-refractivity contribution in [1.29, 1.82) is 0 Å². The van der Waals surface area contributed by atoms with E-state index in [1.165, 1.54) is 0 Å². The van der Waals surface area contributed by atoms with Crippen molar-refractivity contribution in [2.75, 3.05) is 7.11 Å². The normalized spacial score (nSPS) is 11.2. The standard InChI is InChI=1S/C9H14N4O/c1-6-3-4-7(14-2)5-8(6)12-9(10)13-11/h3-5H,11H2,1-2H3,(H3,10,12,13). The van der Waals surface area contributed by atoms with Gasteiger partial charge >= 0.3 is 0 Å². The molecule has 5 N–H and O–H groups in total. The van der Waals surface area contributed by atoms with E-state index in [2.05, 4.69) is 10.4 Å². The van der Waals surface area contributed by atoms with Crippen LogP contribution in [0.3, 0.4) is 0 Å². The van der Waals surface area contributed by atoms with Gasteiger partial charge in [-0.1, -0.05) is 6.07 Å². The molecule has 0 bridgehead atoms. The van der Waals surface area contributed by atoms with Crippen molar-refractivity contribution in [3.63, 3.8) is 0 Å². The summed E-state index contributed by atoms with van der Waals surface area (Å²) in [6.45, 7) is 1.93. The van der Waals surface area contributed by atoms with Gasteiger partial charge in [0.2, 0.25) is 5.96 Å². The maximum absolute atomic E-state index is 5.44. The number of hydrogen-bond donors (Lipinski definition) is 3. The second-order valence-corrected chi connectivity index (χ2v) is 2.79. The number of hydrogen-bond acceptors (Lipinski definition) is 3. The summed E-state index contributed by atoms with van der Waals surface area (Å²) in [6, 6.07) is 5.56. The van der Waals surface area contributed by atoms with Crippen LogP contribution in [0.15, 0.2) is 23.2 Å². The van der Waals surface area contributed by atoms with Gasteiger partial charge in [-0.15, -0.1) is 0 Å². The van der Waals surface area contributed by atoms with Gasteiger partial charge < -0.3 is 10.5 Å². The fourth-order valence-electron chi connectivity index (χ4n) is 0.999. The third kappa shape index (κ3) is 2.37. The Morgan fingerprint density at radius 1 is 1.50 bits per heavy atom. The summed E-state index contributed by atoms with van der Waals surface area (Å²) in [5, 5.41) is 0. The lowest BCUT2D eigenvalue weighted by molar-refractivity contribution is 0.415. The summed E-state index contributed by atoms with van der Waals surface area (Å²) in [5.74, 6) is 6.01. The Balaban J connectivity index is 3.06. The molecule has 0 unspecified atom stereocenters. The van der Waals surface area contributed by atoms with Crippen molar-refractivity contribution in [3.8, 4) is 5.75 Å². The first-order valence-electron chi connectivity index (χ1n) is 4.12. The largest absolute Gasteiger partial charge is 0.497 e. The quantitative estimate of drug-likeness (QED) is 0.275. The molecule has 1 aromatic carbocycles. The fraction of sp³-hybridized carbons (Fsp3) is 0.222. The third-order valence-electron chi connectivity index (χ3n) is 1.81. The van der Waals surface area contributed by atoms with Crippen LogP contribution in [0.1, 0.15) is 5.56 Å². The summed E-state index contributed by atoms with van der Waals surface area (Å²) < 4.78 is 5.06. The Morgan fingerprint density at radius 2 is 2.21 bits per heavy atom. The number of nitrogens with zero attached hydrogens (tertiary/aromatic N) is 1. The minimum absolute atomic E-state index is 0.168. The highest BCUT2D eigenvalue weighted by Crippen LogP contribution is 2.23. The van der Waals surface area contributed by atoms with Gasteiger partial charge in [-0.05, 0) is 18.6 Å². The number of ether oxygens (including phenoxy) is 1. The van der Waals surface area contributed by atoms with Gasteiger partial charge in [-0.3, -0.25) is 5.43 Å². The molecule has 1 aromatic rings. The number of nitrogens with two attached hydrogens (primary N) is 2. The number of nitrogens with one attached hydrogen (secondary N) is 1. The maximum atomic E-state index is 5.44. The van der Waals surface area contributed by atoms with Gasteiger partial charge in [0.25, 0.3) is 0 Å². The molecular formula is C9H14N4O. The molecule has 14 heavy (non-hydrogen) atoms. The number of benzene rings is 1. The molecule has 0 aliphatic heterocycles. The second kappa shape index (κ2) is 4.48. The van der Waals surface area contributed by atoms with Crippen molar-refractivity contribution in [1.82, 2.24) is 5.43 Å². The zero-order valence-electron chi connectivity index (χ0n) is 8.24. The molecule has 76 valence electrons. The molecule has 0 amide bonds. The minimum atomic E-state index is 0.168. The van der Waals surface area contributed by atoms with Crippen molar-refractivity contribution in [2.24, 2.45) is 16.6 Å². The number of aryl methyl sites for hydroxylation is 1. The van der Waals surface area contributed by atoms with E-state index in [1.54, 1.807) is 13.2 Å². The van der Waals surface area contributed by atoms with E-state index in [-0.39, 0.29) is 5.96 Å². The molecule has 5 nitrogen and oxygen atoms in total. The number of methoxy groups -OCH3 is 1. The molecule has 0 atom stereocenters. The molecule has 0 heterocycles. The highest BCUT2D eigenvalue weighted by Gasteiger charge is 1.99. The van der Waals surface area contributed by atoms with E-state index in [9.17, 15) is 0 Å². The summed E-state index contributed by atoms with van der Waals surface area (Å²) >= 11 is 0. The molecule has 0 aliphatic carbocycles. The lowest BCUT2D eigenvalue weighted by Gasteiger charge is -2.05. The zero-order valence-corrected chi connectivity index (χ0v) is 8.24. The summed E-state index contributed by atoms with van der Waals surface area (Å²) in [5.41, 5.74) is 9.44. The van der Waals surface area contributed by atoms with Crippen LogP contribution < -0.4 is 21.7 Å². The Labute approximate surface area is 82.7 Å². The van der Waals surface area contributed by atoms with Crippen LogP contribution in [-0.4, -0.2) is 13.1 Å². The first kappa shape index (κ1) is 10.3. The maximum Gasteiger partial charge on any atom is 0.208 e. The van der Waals surface area contributed by atoms with Crippen LogP contribution in [0, 0.1) is 6.92 Å². The van der Waals surface area contributed by atoms with E-state index in [1.807, 2.05) is 19.1 Å². The molecule has 5 heteroatoms. The molecule has 1 rings (SSSR count). The zero-order chi connectivity index (χ0) is 10.6. The molecule has 0 spiro atoms. The highest BCUT2D eigenvalue weighted by molar-refractivity contribution is 5.80. The molecule has 0 radical (unpaired) electrons. The molecule has 0 fully saturated rings. The molecule has 0 aliphatic rings. The highest BCUT2D eigenvalue weighted by atomic mass is 16.5. The lowest BCUT2D eigenvalue weighted by Crippen LogP contribution is -2.36. The van der Waals surface area contributed by atoms with E-state index in [4.69, 9.17) is 16.3 Å². The van der Waals surface area contributed by atoms with Gasteiger partial charge in [0.15, 0.2) is 0 Å². The predicted octanol–water partition coefficient (Wildman–Crippen LogP) is 0.413. The molecular weight excluding hydrogens is 180 g/mol. The topological polar surface area (TPSA) is 85.7 Å². The van der Waals surface area contributed by atoms with Crippen molar-refractivity contribution >= 4 is 11.6 Å². The Bertz CT molecular complexity index is 349. The monoisotopic (exact) mass is 194 g/mol. The number of hydrazine groups is 1. The van der Waals surface area contributed by atoms with Crippen LogP contribution in [0.4, 0.5) is 5.69 Å². The summed E-state index contributed by atoms with van der Waals surface area (Å²) in [4.78, 5) is 4.06. The van der Waals surface area contributed by atoms with E-state index in [0.29, 0.717) is 0 Å². The second-order valence-electron chi connectivity index (χ2n) is 2.79. The number of aliphatic imine (C=N–C) groups is 1. The van der Waals surface area contributed by atoms with Crippen molar-refractivity contribution in [3.05, 3.63) is 23.8 Å². The average Bonchev–Trinajstić information content (AvgIpc) is 2.21. The minimum Gasteiger partial charge on any atom is -0.497 e. The van der Waals surface area contributed by atoms with E-state index in [0.717, 1.165) is 17.0 Å². The number of rotatable bonds is 2. The van der Waals surface area contributed by atoms with Crippen molar-refractivity contribution < 1.29 is 4.74 Å². The third-order valence-corrected chi connectivity index (χ3v) is 1.81. The molecule has 0 aromatic heterocycles. The van der Waals surface area contributed by atoms with Gasteiger partial charge in [-0.25, -0.2) is 10.8 Å². The predicted molar refractivity (Wildman–Crippen MR) is 56.3 cm³/mol. The van der Waals surface area contributed by atoms with Crippen LogP contribution in [0.5, 0.6) is 5.75 Å².